The van der Waals surface area contributed by atoms with Crippen LogP contribution >= 0.6 is 11.6 Å². The second-order valence-corrected chi connectivity index (χ2v) is 5.73. The molecule has 1 aromatic heterocycles. The molecule has 3 aromatic rings. The van der Waals surface area contributed by atoms with Gasteiger partial charge in [-0.1, -0.05) is 30.7 Å². The summed E-state index contributed by atoms with van der Waals surface area (Å²) in [5.74, 6) is -0.871. The van der Waals surface area contributed by atoms with Crippen LogP contribution in [0.25, 0.3) is 11.0 Å². The van der Waals surface area contributed by atoms with E-state index in [0.29, 0.717) is 0 Å². The molecule has 3 rings (SSSR count). The highest BCUT2D eigenvalue weighted by atomic mass is 35.5. The van der Waals surface area contributed by atoms with Crippen LogP contribution in [0.5, 0.6) is 0 Å². The zero-order valence-electron chi connectivity index (χ0n) is 12.5. The normalized spacial score (nSPS) is 10.9. The topological polar surface area (TPSA) is 42.2 Å². The fourth-order valence-corrected chi connectivity index (χ4v) is 2.60. The molecule has 0 fully saturated rings. The van der Waals surface area contributed by atoms with Crippen molar-refractivity contribution in [1.82, 2.24) is 0 Å². The smallest absolute Gasteiger partial charge is 0.229 e. The first-order valence-electron chi connectivity index (χ1n) is 7.30. The average molecular weight is 332 g/mol. The highest BCUT2D eigenvalue weighted by molar-refractivity contribution is 6.30. The maximum Gasteiger partial charge on any atom is 0.229 e. The van der Waals surface area contributed by atoms with E-state index in [1.807, 2.05) is 18.2 Å². The van der Waals surface area contributed by atoms with E-state index in [1.54, 1.807) is 6.26 Å². The second-order valence-electron chi connectivity index (χ2n) is 5.29. The number of amides is 1. The number of fused-ring (bicyclic) bond motifs is 1. The predicted molar refractivity (Wildman–Crippen MR) is 89.3 cm³/mol. The van der Waals surface area contributed by atoms with Gasteiger partial charge in [-0.25, -0.2) is 4.39 Å². The van der Waals surface area contributed by atoms with Gasteiger partial charge in [0.15, 0.2) is 0 Å². The molecule has 0 aliphatic rings. The van der Waals surface area contributed by atoms with E-state index in [-0.39, 0.29) is 23.0 Å². The molecule has 0 radical (unpaired) electrons. The van der Waals surface area contributed by atoms with Crippen molar-refractivity contribution in [2.45, 2.75) is 19.8 Å². The molecule has 23 heavy (non-hydrogen) atoms. The first-order chi connectivity index (χ1) is 11.1. The Morgan fingerprint density at radius 2 is 2.09 bits per heavy atom. The van der Waals surface area contributed by atoms with E-state index in [9.17, 15) is 9.18 Å². The summed E-state index contributed by atoms with van der Waals surface area (Å²) < 4.78 is 19.2. The number of carbonyl (C=O) groups excluding carboxylic acids is 1. The third kappa shape index (κ3) is 3.37. The lowest BCUT2D eigenvalue weighted by atomic mass is 10.1. The molecule has 1 N–H and O–H groups in total. The largest absolute Gasteiger partial charge is 0.464 e. The highest BCUT2D eigenvalue weighted by Gasteiger charge is 2.12. The van der Waals surface area contributed by atoms with Crippen LogP contribution in [0.4, 0.5) is 10.1 Å². The second kappa shape index (κ2) is 6.42. The number of hydrogen-bond acceptors (Lipinski definition) is 2. The minimum absolute atomic E-state index is 0.112. The van der Waals surface area contributed by atoms with Crippen LogP contribution in [0.1, 0.15) is 18.1 Å². The van der Waals surface area contributed by atoms with E-state index in [2.05, 4.69) is 12.2 Å². The summed E-state index contributed by atoms with van der Waals surface area (Å²) in [6, 6.07) is 10.1. The van der Waals surface area contributed by atoms with Crippen molar-refractivity contribution in [2.75, 3.05) is 5.32 Å². The first kappa shape index (κ1) is 15.6. The SMILES string of the molecule is CCc1ccc2c(CC(=O)Nc3ccc(Cl)cc3F)coc2c1. The summed E-state index contributed by atoms with van der Waals surface area (Å²) >= 11 is 5.69. The van der Waals surface area contributed by atoms with Crippen LogP contribution in [-0.4, -0.2) is 5.91 Å². The number of rotatable bonds is 4. The predicted octanol–water partition coefficient (Wildman–Crippen LogP) is 4.97. The number of anilines is 1. The fraction of sp³-hybridized carbons (Fsp3) is 0.167. The summed E-state index contributed by atoms with van der Waals surface area (Å²) in [5, 5.41) is 3.73. The number of nitrogens with one attached hydrogen (secondary N) is 1. The maximum absolute atomic E-state index is 13.7. The number of halogens is 2. The van der Waals surface area contributed by atoms with Crippen molar-refractivity contribution in [3.63, 3.8) is 0 Å². The zero-order valence-corrected chi connectivity index (χ0v) is 13.3. The highest BCUT2D eigenvalue weighted by Crippen LogP contribution is 2.24. The van der Waals surface area contributed by atoms with Gasteiger partial charge >= 0.3 is 0 Å². The van der Waals surface area contributed by atoms with Gasteiger partial charge in [-0.2, -0.15) is 0 Å². The van der Waals surface area contributed by atoms with Gasteiger partial charge in [0.05, 0.1) is 18.4 Å². The van der Waals surface area contributed by atoms with Gasteiger partial charge in [0, 0.05) is 16.0 Å². The Balaban J connectivity index is 1.77. The van der Waals surface area contributed by atoms with Crippen LogP contribution in [0, 0.1) is 5.82 Å². The Kier molecular flexibility index (Phi) is 4.35. The summed E-state index contributed by atoms with van der Waals surface area (Å²) in [4.78, 5) is 12.1. The van der Waals surface area contributed by atoms with Gasteiger partial charge < -0.3 is 9.73 Å². The van der Waals surface area contributed by atoms with Gasteiger partial charge in [-0.05, 0) is 36.2 Å². The van der Waals surface area contributed by atoms with E-state index < -0.39 is 5.82 Å². The fourth-order valence-electron chi connectivity index (χ4n) is 2.44. The summed E-state index contributed by atoms with van der Waals surface area (Å²) in [7, 11) is 0. The molecule has 0 aliphatic carbocycles. The van der Waals surface area contributed by atoms with E-state index in [4.69, 9.17) is 16.0 Å². The van der Waals surface area contributed by atoms with Gasteiger partial charge in [-0.3, -0.25) is 4.79 Å². The minimum Gasteiger partial charge on any atom is -0.464 e. The van der Waals surface area contributed by atoms with Crippen molar-refractivity contribution >= 4 is 34.2 Å². The molecule has 1 heterocycles. The molecule has 1 amide bonds. The molecule has 0 saturated carbocycles. The Hall–Kier alpha value is -2.33. The number of hydrogen-bond donors (Lipinski definition) is 1. The number of carbonyl (C=O) groups is 1. The van der Waals surface area contributed by atoms with Crippen LogP contribution in [-0.2, 0) is 17.6 Å². The molecule has 118 valence electrons. The van der Waals surface area contributed by atoms with Gasteiger partial charge in [0.1, 0.15) is 11.4 Å². The lowest BCUT2D eigenvalue weighted by molar-refractivity contribution is -0.115. The van der Waals surface area contributed by atoms with E-state index in [1.165, 1.54) is 17.7 Å². The van der Waals surface area contributed by atoms with Crippen LogP contribution < -0.4 is 5.32 Å². The molecule has 0 spiro atoms. The van der Waals surface area contributed by atoms with Crippen molar-refractivity contribution in [3.8, 4) is 0 Å². The van der Waals surface area contributed by atoms with Crippen LogP contribution in [0.3, 0.4) is 0 Å². The van der Waals surface area contributed by atoms with Crippen molar-refractivity contribution in [1.29, 1.82) is 0 Å². The molecule has 5 heteroatoms. The Bertz CT molecular complexity index is 873. The first-order valence-corrected chi connectivity index (χ1v) is 7.68. The Morgan fingerprint density at radius 1 is 1.26 bits per heavy atom. The number of furan rings is 1. The Morgan fingerprint density at radius 3 is 2.83 bits per heavy atom. The Labute approximate surface area is 138 Å². The van der Waals surface area contributed by atoms with Crippen LogP contribution in [0.15, 0.2) is 47.1 Å². The third-order valence-corrected chi connectivity index (χ3v) is 3.92. The summed E-state index contributed by atoms with van der Waals surface area (Å²) in [6.45, 7) is 2.07. The molecule has 0 saturated heterocycles. The summed E-state index contributed by atoms with van der Waals surface area (Å²) in [6.07, 6.45) is 2.60. The molecular formula is C18H15ClFNO2. The molecule has 2 aromatic carbocycles. The van der Waals surface area contributed by atoms with Crippen molar-refractivity contribution in [3.05, 3.63) is 64.6 Å². The van der Waals surface area contributed by atoms with E-state index in [0.717, 1.165) is 29.0 Å². The molecule has 0 bridgehead atoms. The van der Waals surface area contributed by atoms with Gasteiger partial charge in [-0.15, -0.1) is 0 Å². The number of aryl methyl sites for hydroxylation is 1. The maximum atomic E-state index is 13.7. The zero-order chi connectivity index (χ0) is 16.4. The lowest BCUT2D eigenvalue weighted by Crippen LogP contribution is -2.15. The lowest BCUT2D eigenvalue weighted by Gasteiger charge is -2.06. The average Bonchev–Trinajstić information content (AvgIpc) is 2.92. The number of benzene rings is 2. The summed E-state index contributed by atoms with van der Waals surface area (Å²) in [5.41, 5.74) is 2.81. The third-order valence-electron chi connectivity index (χ3n) is 3.68. The van der Waals surface area contributed by atoms with Crippen molar-refractivity contribution in [2.24, 2.45) is 0 Å². The monoisotopic (exact) mass is 331 g/mol. The minimum atomic E-state index is -0.560. The van der Waals surface area contributed by atoms with E-state index >= 15 is 0 Å². The van der Waals surface area contributed by atoms with Gasteiger partial charge in [0.2, 0.25) is 5.91 Å². The standard InChI is InChI=1S/C18H15ClFNO2/c1-2-11-3-5-14-12(10-23-17(14)7-11)8-18(22)21-16-6-4-13(19)9-15(16)20/h3-7,9-10H,2,8H2,1H3,(H,21,22). The molecule has 0 unspecified atom stereocenters. The molecule has 3 nitrogen and oxygen atoms in total. The molecule has 0 aliphatic heterocycles. The van der Waals surface area contributed by atoms with Crippen molar-refractivity contribution < 1.29 is 13.6 Å². The van der Waals surface area contributed by atoms with Gasteiger partial charge in [0.25, 0.3) is 0 Å². The molecule has 0 atom stereocenters. The van der Waals surface area contributed by atoms with Crippen LogP contribution in [0.2, 0.25) is 5.02 Å². The molecular weight excluding hydrogens is 317 g/mol. The quantitative estimate of drug-likeness (QED) is 0.733.